The molecule has 21 nitrogen and oxygen atoms in total. The van der Waals surface area contributed by atoms with E-state index in [-0.39, 0.29) is 69.8 Å². The second-order valence-corrected chi connectivity index (χ2v) is 15.1. The number of amides is 4. The van der Waals surface area contributed by atoms with Gasteiger partial charge in [-0.2, -0.15) is 11.8 Å². The fourth-order valence-corrected chi connectivity index (χ4v) is 8.41. The van der Waals surface area contributed by atoms with Gasteiger partial charge in [0.25, 0.3) is 0 Å². The molecule has 4 amide bonds. The number of nitrogens with two attached hydrogens (primary N) is 1. The summed E-state index contributed by atoms with van der Waals surface area (Å²) in [5.74, 6) is -2.01. The molecule has 4 fully saturated rings. The molecule has 4 saturated heterocycles. The van der Waals surface area contributed by atoms with Crippen molar-refractivity contribution in [1.29, 1.82) is 0 Å². The molecule has 11 atom stereocenters. The Kier molecular flexibility index (Phi) is 18.3. The molecular formula is C35H54N4O17S. The molecule has 4 aliphatic heterocycles. The van der Waals surface area contributed by atoms with Gasteiger partial charge in [0.05, 0.1) is 38.0 Å². The Bertz CT molecular complexity index is 1410. The largest absolute Gasteiger partial charge is 0.463 e. The Morgan fingerprint density at radius 1 is 0.825 bits per heavy atom. The summed E-state index contributed by atoms with van der Waals surface area (Å²) in [6.45, 7) is 4.35. The number of hydrogen-bond acceptors (Lipinski definition) is 18. The third kappa shape index (κ3) is 15.4. The van der Waals surface area contributed by atoms with E-state index < -0.39 is 85.8 Å². The van der Waals surface area contributed by atoms with E-state index in [4.69, 9.17) is 53.1 Å². The van der Waals surface area contributed by atoms with E-state index in [1.165, 1.54) is 13.8 Å². The number of carbonyl (C=O) groups is 7. The molecule has 0 radical (unpaired) electrons. The predicted molar refractivity (Wildman–Crippen MR) is 194 cm³/mol. The first-order valence-corrected chi connectivity index (χ1v) is 19.9. The summed E-state index contributed by atoms with van der Waals surface area (Å²) >= 11 is 1.83. The van der Waals surface area contributed by atoms with E-state index in [1.54, 1.807) is 0 Å². The first kappa shape index (κ1) is 45.7. The Morgan fingerprint density at radius 3 is 2.25 bits per heavy atom. The number of rotatable bonds is 21. The fraction of sp³-hybridized carbons (Fsp3) is 0.800. The number of primary amides is 1. The van der Waals surface area contributed by atoms with Gasteiger partial charge in [-0.25, -0.2) is 9.59 Å². The van der Waals surface area contributed by atoms with Crippen molar-refractivity contribution < 1.29 is 80.9 Å². The van der Waals surface area contributed by atoms with E-state index >= 15 is 0 Å². The van der Waals surface area contributed by atoms with Gasteiger partial charge in [0, 0.05) is 64.5 Å². The molecule has 0 aromatic rings. The van der Waals surface area contributed by atoms with Crippen LogP contribution in [0.2, 0.25) is 0 Å². The summed E-state index contributed by atoms with van der Waals surface area (Å²) in [5.41, 5.74) is 5.27. The van der Waals surface area contributed by atoms with Crippen molar-refractivity contribution in [2.45, 2.75) is 133 Å². The number of nitrogens with one attached hydrogen (secondary N) is 3. The van der Waals surface area contributed by atoms with Gasteiger partial charge in [-0.1, -0.05) is 6.42 Å². The van der Waals surface area contributed by atoms with Crippen molar-refractivity contribution >= 4 is 53.7 Å². The van der Waals surface area contributed by atoms with Crippen LogP contribution in [-0.2, 0) is 71.3 Å². The first-order chi connectivity index (χ1) is 27.2. The quantitative estimate of drug-likeness (QED) is 0.0510. The minimum absolute atomic E-state index is 0.0220. The first-order valence-electron chi connectivity index (χ1n) is 18.9. The molecular weight excluding hydrogens is 780 g/mol. The lowest BCUT2D eigenvalue weighted by Crippen LogP contribution is -2.63. The zero-order valence-electron chi connectivity index (χ0n) is 32.5. The smallest absolute Gasteiger partial charge is 0.404 e. The normalized spacial score (nSPS) is 30.5. The molecule has 0 saturated carbocycles. The van der Waals surface area contributed by atoms with Crippen LogP contribution in [0, 0.1) is 0 Å². The molecule has 322 valence electrons. The maximum atomic E-state index is 12.4. The summed E-state index contributed by atoms with van der Waals surface area (Å²) in [4.78, 5) is 83.5. The van der Waals surface area contributed by atoms with Crippen LogP contribution >= 0.6 is 11.8 Å². The summed E-state index contributed by atoms with van der Waals surface area (Å²) in [6, 6.07) is 0.173. The number of hydrogen-bond donors (Lipinski definition) is 4. The van der Waals surface area contributed by atoms with E-state index in [0.717, 1.165) is 32.4 Å². The van der Waals surface area contributed by atoms with Crippen molar-refractivity contribution in [3.63, 3.8) is 0 Å². The van der Waals surface area contributed by atoms with Gasteiger partial charge in [0.15, 0.2) is 30.9 Å². The van der Waals surface area contributed by atoms with Gasteiger partial charge in [-0.15, -0.1) is 0 Å². The Morgan fingerprint density at radius 2 is 1.54 bits per heavy atom. The van der Waals surface area contributed by atoms with Crippen molar-refractivity contribution in [3.05, 3.63) is 0 Å². The van der Waals surface area contributed by atoms with E-state index in [0.29, 0.717) is 18.1 Å². The maximum Gasteiger partial charge on any atom is 0.404 e. The van der Waals surface area contributed by atoms with Crippen LogP contribution in [0.1, 0.15) is 66.2 Å². The lowest BCUT2D eigenvalue weighted by Gasteiger charge is -2.46. The van der Waals surface area contributed by atoms with Crippen LogP contribution in [0.3, 0.4) is 0 Å². The number of urea groups is 1. The van der Waals surface area contributed by atoms with Gasteiger partial charge < -0.3 is 69.1 Å². The van der Waals surface area contributed by atoms with Crippen LogP contribution in [0.25, 0.3) is 0 Å². The van der Waals surface area contributed by atoms with E-state index in [1.807, 2.05) is 11.8 Å². The highest BCUT2D eigenvalue weighted by atomic mass is 32.2. The summed E-state index contributed by atoms with van der Waals surface area (Å²) in [5, 5.41) is 9.05. The number of fused-ring (bicyclic) bond motifs is 1. The molecule has 0 aromatic heterocycles. The van der Waals surface area contributed by atoms with Crippen molar-refractivity contribution in [3.8, 4) is 0 Å². The predicted octanol–water partition coefficient (Wildman–Crippen LogP) is -0.0697. The molecule has 4 aliphatic rings. The van der Waals surface area contributed by atoms with E-state index in [2.05, 4.69) is 16.0 Å². The number of unbranched alkanes of at least 4 members (excludes halogenated alkanes) is 1. The number of esters is 4. The van der Waals surface area contributed by atoms with Gasteiger partial charge in [-0.3, -0.25) is 24.0 Å². The molecule has 0 bridgehead atoms. The average molecular weight is 835 g/mol. The molecule has 0 aliphatic carbocycles. The molecule has 4 heterocycles. The van der Waals surface area contributed by atoms with Crippen molar-refractivity contribution in [2.24, 2.45) is 5.73 Å². The van der Waals surface area contributed by atoms with Crippen LogP contribution in [0.4, 0.5) is 9.59 Å². The highest BCUT2D eigenvalue weighted by Gasteiger charge is 2.53. The van der Waals surface area contributed by atoms with E-state index in [9.17, 15) is 33.6 Å². The highest BCUT2D eigenvalue weighted by molar-refractivity contribution is 8.00. The lowest BCUT2D eigenvalue weighted by molar-refractivity contribution is -0.347. The number of ether oxygens (including phenoxy) is 10. The lowest BCUT2D eigenvalue weighted by atomic mass is 9.97. The molecule has 22 heteroatoms. The van der Waals surface area contributed by atoms with Gasteiger partial charge >= 0.3 is 36.0 Å². The Hall–Kier alpha value is -3.96. The standard InChI is InChI=1S/C35H54N4O17S/c1-18(40)49-15-23-13-22(54-34(36)45)14-28(53-23)56-32-31(52-21(4)43)30(51-20(3)42)25(16-50-19(2)41)55-33(32)48-12-11-47-10-9-37-27(44)8-6-5-7-26-29-24(17-57-26)38-35(46)39-29/h22-26,28-33H,5-17H2,1-4H3,(H2,36,45)(H,37,44)(H2,38,39,46)/t22-,23+,24-,25-,26-,28+,29-,30+,31-,32-,33+/m0/s1. The third-order valence-corrected chi connectivity index (χ3v) is 10.7. The Balaban J connectivity index is 1.33. The zero-order valence-corrected chi connectivity index (χ0v) is 33.3. The van der Waals surface area contributed by atoms with Crippen molar-refractivity contribution in [1.82, 2.24) is 16.0 Å². The summed E-state index contributed by atoms with van der Waals surface area (Å²) in [6.07, 6.45) is -7.66. The van der Waals surface area contributed by atoms with Crippen molar-refractivity contribution in [2.75, 3.05) is 45.3 Å². The molecule has 0 unspecified atom stereocenters. The number of carbonyl (C=O) groups excluding carboxylic acids is 7. The van der Waals surface area contributed by atoms with Crippen LogP contribution < -0.4 is 21.7 Å². The highest BCUT2D eigenvalue weighted by Crippen LogP contribution is 2.34. The molecule has 5 N–H and O–H groups in total. The van der Waals surface area contributed by atoms with Gasteiger partial charge in [0.2, 0.25) is 5.91 Å². The minimum Gasteiger partial charge on any atom is -0.463 e. The molecule has 57 heavy (non-hydrogen) atoms. The maximum absolute atomic E-state index is 12.4. The zero-order chi connectivity index (χ0) is 41.5. The Labute approximate surface area is 334 Å². The molecule has 0 aromatic carbocycles. The van der Waals surface area contributed by atoms with Gasteiger partial charge in [-0.05, 0) is 12.8 Å². The second-order valence-electron chi connectivity index (χ2n) is 13.8. The van der Waals surface area contributed by atoms with Crippen LogP contribution in [0.5, 0.6) is 0 Å². The molecule has 4 rings (SSSR count). The van der Waals surface area contributed by atoms with Gasteiger partial charge in [0.1, 0.15) is 25.4 Å². The second kappa shape index (κ2) is 22.8. The van der Waals surface area contributed by atoms with Crippen LogP contribution in [-0.4, -0.2) is 154 Å². The molecule has 0 spiro atoms. The SMILES string of the molecule is CC(=O)OC[C@H]1C[C@H](OC(N)=O)C[C@@H](O[C@@H]2[C@H](OCCOCCNC(=O)CCCC[C@@H]3SC[C@@H]4NC(=O)N[C@@H]43)O[C@@H](COC(C)=O)[C@@H](OC(C)=O)[C@@H]2OC(C)=O)O1. The summed E-state index contributed by atoms with van der Waals surface area (Å²) < 4.78 is 56.7. The monoisotopic (exact) mass is 834 g/mol. The number of thioether (sulfide) groups is 1. The van der Waals surface area contributed by atoms with Crippen LogP contribution in [0.15, 0.2) is 0 Å². The average Bonchev–Trinajstić information content (AvgIpc) is 3.68. The topological polar surface area (TPSA) is 274 Å². The third-order valence-electron chi connectivity index (χ3n) is 9.19. The minimum atomic E-state index is -1.40. The summed E-state index contributed by atoms with van der Waals surface area (Å²) in [7, 11) is 0. The fourth-order valence-electron chi connectivity index (χ4n) is 6.87.